The van der Waals surface area contributed by atoms with E-state index in [-0.39, 0.29) is 33.9 Å². The molecule has 0 radical (unpaired) electrons. The number of carbonyl (C=O) groups excluding carboxylic acids is 1. The summed E-state index contributed by atoms with van der Waals surface area (Å²) < 4.78 is 73.7. The Balaban J connectivity index is 1.32. The first-order valence-electron chi connectivity index (χ1n) is 14.3. The summed E-state index contributed by atoms with van der Waals surface area (Å²) in [6, 6.07) is 4.55. The summed E-state index contributed by atoms with van der Waals surface area (Å²) in [5, 5.41) is 6.84. The first kappa shape index (κ1) is 33.2. The van der Waals surface area contributed by atoms with Gasteiger partial charge in [-0.15, -0.1) is 0 Å². The highest BCUT2D eigenvalue weighted by atomic mass is 32.2. The first-order chi connectivity index (χ1) is 20.5. The molecule has 0 saturated carbocycles. The second-order valence-electron chi connectivity index (χ2n) is 11.8. The number of sulfone groups is 1. The summed E-state index contributed by atoms with van der Waals surface area (Å²) in [4.78, 5) is 24.3. The van der Waals surface area contributed by atoms with Crippen LogP contribution in [0.2, 0.25) is 0 Å². The molecule has 0 bridgehead atoms. The summed E-state index contributed by atoms with van der Waals surface area (Å²) in [5.74, 6) is -0.0874. The standard InChI is InChI=1S/C29H38F3N7O4S/c1-20-16-22(44(41,42)15-7-6-10-38-11-13-39(14-12-38)27(40)43-28(2,3)4)8-9-24(20)35-26-33-18-23(29(30,31)32)25(36-26)21-17-34-37(5)19-21/h8-9,16-19H,6-7,10-15H2,1-5H3,(H,33,35,36). The number of hydrogen-bond donors (Lipinski definition) is 1. The molecule has 4 rings (SSSR count). The van der Waals surface area contributed by atoms with Gasteiger partial charge in [0, 0.05) is 56.9 Å². The number of ether oxygens (including phenoxy) is 1. The third-order valence-electron chi connectivity index (χ3n) is 7.04. The van der Waals surface area contributed by atoms with Crippen molar-refractivity contribution in [3.8, 4) is 11.3 Å². The van der Waals surface area contributed by atoms with E-state index in [1.807, 2.05) is 20.8 Å². The van der Waals surface area contributed by atoms with Crippen LogP contribution >= 0.6 is 0 Å². The number of hydrogen-bond acceptors (Lipinski definition) is 9. The van der Waals surface area contributed by atoms with E-state index in [0.717, 1.165) is 6.54 Å². The number of halogens is 3. The second kappa shape index (κ2) is 13.1. The first-order valence-corrected chi connectivity index (χ1v) is 15.9. The molecule has 1 N–H and O–H groups in total. The Labute approximate surface area is 255 Å². The lowest BCUT2D eigenvalue weighted by atomic mass is 10.1. The molecule has 2 aromatic heterocycles. The number of amides is 1. The van der Waals surface area contributed by atoms with Gasteiger partial charge in [-0.05, 0) is 70.8 Å². The summed E-state index contributed by atoms with van der Waals surface area (Å²) in [5.41, 5.74) is -0.624. The average Bonchev–Trinajstić information content (AvgIpc) is 3.37. The third kappa shape index (κ3) is 8.68. The van der Waals surface area contributed by atoms with Gasteiger partial charge in [-0.25, -0.2) is 23.2 Å². The number of nitrogens with zero attached hydrogens (tertiary/aromatic N) is 6. The Morgan fingerprint density at radius 3 is 2.36 bits per heavy atom. The van der Waals surface area contributed by atoms with Gasteiger partial charge in [-0.2, -0.15) is 18.3 Å². The minimum atomic E-state index is -4.66. The van der Waals surface area contributed by atoms with Crippen LogP contribution in [0.4, 0.5) is 29.6 Å². The molecule has 1 aromatic carbocycles. The van der Waals surface area contributed by atoms with Crippen LogP contribution in [0, 0.1) is 6.92 Å². The maximum absolute atomic E-state index is 13.6. The molecule has 240 valence electrons. The van der Waals surface area contributed by atoms with Crippen molar-refractivity contribution in [2.75, 3.05) is 43.8 Å². The Kier molecular flexibility index (Phi) is 9.88. The van der Waals surface area contributed by atoms with E-state index in [1.165, 1.54) is 29.2 Å². The van der Waals surface area contributed by atoms with Crippen LogP contribution in [0.3, 0.4) is 0 Å². The fourth-order valence-electron chi connectivity index (χ4n) is 4.73. The van der Waals surface area contributed by atoms with Crippen molar-refractivity contribution in [1.82, 2.24) is 29.5 Å². The van der Waals surface area contributed by atoms with Gasteiger partial charge < -0.3 is 15.0 Å². The van der Waals surface area contributed by atoms with Gasteiger partial charge in [0.05, 0.1) is 22.5 Å². The van der Waals surface area contributed by atoms with Crippen LogP contribution < -0.4 is 5.32 Å². The predicted molar refractivity (Wildman–Crippen MR) is 159 cm³/mol. The van der Waals surface area contributed by atoms with E-state index >= 15 is 0 Å². The molecule has 44 heavy (non-hydrogen) atoms. The highest BCUT2D eigenvalue weighted by Gasteiger charge is 2.36. The Hall–Kier alpha value is -3.72. The minimum absolute atomic E-state index is 0.0203. The second-order valence-corrected chi connectivity index (χ2v) is 13.9. The Morgan fingerprint density at radius 1 is 1.07 bits per heavy atom. The SMILES string of the molecule is Cc1cc(S(=O)(=O)CCCCN2CCN(C(=O)OC(C)(C)C)CC2)ccc1Nc1ncc(C(F)(F)F)c(-c2cnn(C)c2)n1. The molecule has 0 aliphatic carbocycles. The number of aromatic nitrogens is 4. The quantitative estimate of drug-likeness (QED) is 0.321. The van der Waals surface area contributed by atoms with Crippen molar-refractivity contribution in [2.24, 2.45) is 7.05 Å². The molecule has 0 unspecified atom stereocenters. The third-order valence-corrected chi connectivity index (χ3v) is 8.84. The number of carbonyl (C=O) groups is 1. The maximum atomic E-state index is 13.6. The van der Waals surface area contributed by atoms with Crippen LogP contribution in [0.25, 0.3) is 11.3 Å². The monoisotopic (exact) mass is 637 g/mol. The normalized spacial score (nSPS) is 15.0. The van der Waals surface area contributed by atoms with Crippen molar-refractivity contribution in [3.05, 3.63) is 47.9 Å². The van der Waals surface area contributed by atoms with Crippen molar-refractivity contribution in [1.29, 1.82) is 0 Å². The smallest absolute Gasteiger partial charge is 0.419 e. The zero-order valence-electron chi connectivity index (χ0n) is 25.5. The zero-order valence-corrected chi connectivity index (χ0v) is 26.3. The van der Waals surface area contributed by atoms with Gasteiger partial charge in [0.15, 0.2) is 9.84 Å². The van der Waals surface area contributed by atoms with Gasteiger partial charge in [0.25, 0.3) is 0 Å². The van der Waals surface area contributed by atoms with Gasteiger partial charge in [-0.3, -0.25) is 9.58 Å². The van der Waals surface area contributed by atoms with E-state index in [4.69, 9.17) is 4.74 Å². The molecule has 3 aromatic rings. The van der Waals surface area contributed by atoms with Crippen LogP contribution in [0.1, 0.15) is 44.7 Å². The predicted octanol–water partition coefficient (Wildman–Crippen LogP) is 5.05. The summed E-state index contributed by atoms with van der Waals surface area (Å²) in [6.45, 7) is 10.5. The molecular formula is C29H38F3N7O4S. The molecule has 3 heterocycles. The molecule has 0 spiro atoms. The number of alkyl halides is 3. The van der Waals surface area contributed by atoms with Gasteiger partial charge in [0.1, 0.15) is 11.2 Å². The van der Waals surface area contributed by atoms with Crippen LogP contribution in [-0.4, -0.2) is 88.1 Å². The number of nitrogens with one attached hydrogen (secondary N) is 1. The van der Waals surface area contributed by atoms with Gasteiger partial charge in [-0.1, -0.05) is 0 Å². The lowest BCUT2D eigenvalue weighted by molar-refractivity contribution is -0.137. The molecule has 1 aliphatic rings. The molecule has 0 atom stereocenters. The zero-order chi connectivity index (χ0) is 32.3. The highest BCUT2D eigenvalue weighted by molar-refractivity contribution is 7.91. The molecule has 11 nitrogen and oxygen atoms in total. The van der Waals surface area contributed by atoms with E-state index < -0.39 is 27.2 Å². The Morgan fingerprint density at radius 2 is 1.77 bits per heavy atom. The van der Waals surface area contributed by atoms with E-state index in [0.29, 0.717) is 56.5 Å². The van der Waals surface area contributed by atoms with Crippen molar-refractivity contribution < 1.29 is 31.1 Å². The molecule has 1 fully saturated rings. The van der Waals surface area contributed by atoms with Crippen molar-refractivity contribution in [2.45, 2.75) is 57.2 Å². The van der Waals surface area contributed by atoms with Crippen molar-refractivity contribution in [3.63, 3.8) is 0 Å². The summed E-state index contributed by atoms with van der Waals surface area (Å²) in [6.07, 6.45) is -0.378. The molecular weight excluding hydrogens is 599 g/mol. The lowest BCUT2D eigenvalue weighted by Gasteiger charge is -2.35. The van der Waals surface area contributed by atoms with E-state index in [2.05, 4.69) is 25.3 Å². The molecule has 1 saturated heterocycles. The van der Waals surface area contributed by atoms with Gasteiger partial charge >= 0.3 is 12.3 Å². The van der Waals surface area contributed by atoms with Crippen LogP contribution in [0.15, 0.2) is 41.7 Å². The fourth-order valence-corrected chi connectivity index (χ4v) is 6.18. The number of unbranched alkanes of at least 4 members (excludes halogenated alkanes) is 1. The number of rotatable bonds is 9. The number of aryl methyl sites for hydroxylation is 2. The molecule has 1 aliphatic heterocycles. The molecule has 15 heteroatoms. The lowest BCUT2D eigenvalue weighted by Crippen LogP contribution is -2.50. The van der Waals surface area contributed by atoms with Crippen LogP contribution in [-0.2, 0) is 27.8 Å². The summed E-state index contributed by atoms with van der Waals surface area (Å²) in [7, 11) is -1.97. The van der Waals surface area contributed by atoms with Gasteiger partial charge in [0.2, 0.25) is 5.95 Å². The van der Waals surface area contributed by atoms with Crippen molar-refractivity contribution >= 4 is 27.6 Å². The van der Waals surface area contributed by atoms with Crippen LogP contribution in [0.5, 0.6) is 0 Å². The Bertz CT molecular complexity index is 1580. The fraction of sp³-hybridized carbons (Fsp3) is 0.517. The molecule has 1 amide bonds. The highest BCUT2D eigenvalue weighted by Crippen LogP contribution is 2.36. The largest absolute Gasteiger partial charge is 0.444 e. The van der Waals surface area contributed by atoms with E-state index in [1.54, 1.807) is 24.9 Å². The number of anilines is 2. The minimum Gasteiger partial charge on any atom is -0.444 e. The van der Waals surface area contributed by atoms with E-state index in [9.17, 15) is 26.4 Å². The maximum Gasteiger partial charge on any atom is 0.419 e. The average molecular weight is 638 g/mol. The number of piperazine rings is 1. The summed E-state index contributed by atoms with van der Waals surface area (Å²) >= 11 is 0. The number of benzene rings is 1. The topological polar surface area (TPSA) is 123 Å².